The Morgan fingerprint density at radius 1 is 1.26 bits per heavy atom. The molecule has 0 aliphatic heterocycles. The third-order valence-corrected chi connectivity index (χ3v) is 8.32. The molecule has 2 aliphatic carbocycles. The maximum Gasteiger partial charge on any atom is 0.695 e. The van der Waals surface area contributed by atoms with E-state index in [4.69, 9.17) is 15.0 Å². The minimum atomic E-state index is -2.91. The number of nitrogens with two attached hydrogens (primary N) is 1. The van der Waals surface area contributed by atoms with E-state index in [1.807, 2.05) is 6.07 Å². The van der Waals surface area contributed by atoms with Crippen LogP contribution in [0.3, 0.4) is 0 Å². The Labute approximate surface area is 205 Å². The Balaban J connectivity index is 2.00. The number of allylic oxidation sites excluding steroid dienone is 1. The zero-order valence-corrected chi connectivity index (χ0v) is 22.0. The minimum absolute atomic E-state index is 0.0000815. The van der Waals surface area contributed by atoms with Crippen LogP contribution in [0, 0.1) is 5.92 Å². The second-order valence-corrected chi connectivity index (χ2v) is 11.2. The van der Waals surface area contributed by atoms with Crippen LogP contribution < -0.4 is 10.5 Å². The summed E-state index contributed by atoms with van der Waals surface area (Å²) in [5.41, 5.74) is 8.51. The summed E-state index contributed by atoms with van der Waals surface area (Å²) in [4.78, 5) is 22.8. The van der Waals surface area contributed by atoms with Crippen LogP contribution in [0.5, 0.6) is 5.75 Å². The van der Waals surface area contributed by atoms with Crippen molar-refractivity contribution >= 4 is 14.2 Å². The number of carbonyl (C=O) groups is 1. The third kappa shape index (κ3) is 5.96. The van der Waals surface area contributed by atoms with E-state index >= 15 is 0 Å². The van der Waals surface area contributed by atoms with E-state index in [0.717, 1.165) is 62.5 Å². The Hall–Kier alpha value is -1.59. The van der Waals surface area contributed by atoms with Crippen molar-refractivity contribution in [3.05, 3.63) is 41.0 Å². The van der Waals surface area contributed by atoms with E-state index in [0.29, 0.717) is 18.6 Å². The summed E-state index contributed by atoms with van der Waals surface area (Å²) in [5, 5.41) is 0. The van der Waals surface area contributed by atoms with Gasteiger partial charge >= 0.3 is 14.2 Å². The van der Waals surface area contributed by atoms with Crippen molar-refractivity contribution in [2.24, 2.45) is 11.7 Å². The summed E-state index contributed by atoms with van der Waals surface area (Å²) in [6.07, 6.45) is 10.3. The van der Waals surface area contributed by atoms with Crippen molar-refractivity contribution in [2.45, 2.75) is 109 Å². The Kier molecular flexibility index (Phi) is 9.08. The zero-order valence-electron chi connectivity index (χ0n) is 21.1. The largest absolute Gasteiger partial charge is 0.695 e. The van der Waals surface area contributed by atoms with Crippen molar-refractivity contribution in [1.29, 1.82) is 0 Å². The molecule has 1 fully saturated rings. The summed E-state index contributed by atoms with van der Waals surface area (Å²) in [6, 6.07) is 6.17. The SMILES string of the molecule is CCCCCc1ccc(C2CC(C)=CCC2(N)C(C)C)c(OC(=O)C2(O[P+](=O)O)CCCC2)c1. The molecule has 0 aromatic heterocycles. The van der Waals surface area contributed by atoms with Crippen LogP contribution in [0.2, 0.25) is 0 Å². The lowest BCUT2D eigenvalue weighted by Crippen LogP contribution is -2.51. The van der Waals surface area contributed by atoms with E-state index in [1.54, 1.807) is 0 Å². The Morgan fingerprint density at radius 3 is 2.59 bits per heavy atom. The van der Waals surface area contributed by atoms with Crippen molar-refractivity contribution in [3.8, 4) is 5.75 Å². The minimum Gasteiger partial charge on any atom is -0.424 e. The fraction of sp³-hybridized carbons (Fsp3) is 0.667. The molecule has 1 saturated carbocycles. The van der Waals surface area contributed by atoms with E-state index in [2.05, 4.69) is 45.9 Å². The van der Waals surface area contributed by atoms with Crippen LogP contribution in [-0.4, -0.2) is 22.0 Å². The van der Waals surface area contributed by atoms with Crippen LogP contribution in [0.15, 0.2) is 29.8 Å². The first kappa shape index (κ1) is 27.0. The van der Waals surface area contributed by atoms with Crippen LogP contribution in [0.1, 0.15) is 103 Å². The monoisotopic (exact) mass is 490 g/mol. The normalized spacial score (nSPS) is 24.7. The molecule has 1 aromatic carbocycles. The molecule has 3 unspecified atom stereocenters. The number of benzene rings is 1. The molecule has 0 spiro atoms. The number of ether oxygens (including phenoxy) is 1. The number of hydrogen-bond acceptors (Lipinski definition) is 5. The highest BCUT2D eigenvalue weighted by Gasteiger charge is 2.52. The topological polar surface area (TPSA) is 98.9 Å². The molecular formula is C27H41NO5P+. The van der Waals surface area contributed by atoms with Gasteiger partial charge in [-0.2, -0.15) is 0 Å². The standard InChI is InChI=1S/C27H40NO5P/c1-5-6-7-10-21-11-12-22(23-17-20(4)13-16-27(23,28)19(2)3)24(18-21)32-25(29)26(33-34(30)31)14-8-9-15-26/h11-13,18-19,23H,5-10,14-17,28H2,1-4H3/p+1. The first-order valence-corrected chi connectivity index (χ1v) is 13.9. The lowest BCUT2D eigenvalue weighted by Gasteiger charge is -2.44. The highest BCUT2D eigenvalue weighted by Crippen LogP contribution is 2.47. The van der Waals surface area contributed by atoms with Crippen LogP contribution >= 0.6 is 8.25 Å². The van der Waals surface area contributed by atoms with E-state index in [1.165, 1.54) is 5.57 Å². The number of rotatable bonds is 10. The number of unbranched alkanes of at least 4 members (excludes halogenated alkanes) is 2. The number of esters is 1. The summed E-state index contributed by atoms with van der Waals surface area (Å²) < 4.78 is 22.9. The van der Waals surface area contributed by atoms with Crippen LogP contribution in [0.4, 0.5) is 0 Å². The molecule has 1 aromatic rings. The van der Waals surface area contributed by atoms with E-state index in [9.17, 15) is 14.3 Å². The second-order valence-electron chi connectivity index (χ2n) is 10.5. The predicted octanol–water partition coefficient (Wildman–Crippen LogP) is 6.48. The van der Waals surface area contributed by atoms with Gasteiger partial charge in [0.2, 0.25) is 5.60 Å². The molecule has 0 bridgehead atoms. The number of carbonyl (C=O) groups excluding carboxylic acids is 1. The summed E-state index contributed by atoms with van der Waals surface area (Å²) >= 11 is 0. The first-order valence-electron chi connectivity index (χ1n) is 12.8. The maximum atomic E-state index is 13.4. The van der Waals surface area contributed by atoms with Gasteiger partial charge in [-0.05, 0) is 75.8 Å². The van der Waals surface area contributed by atoms with Crippen LogP contribution in [0.25, 0.3) is 0 Å². The van der Waals surface area contributed by atoms with E-state index < -0.39 is 25.4 Å². The Bertz CT molecular complexity index is 922. The molecule has 3 rings (SSSR count). The fourth-order valence-corrected chi connectivity index (χ4v) is 5.99. The highest BCUT2D eigenvalue weighted by molar-refractivity contribution is 7.32. The lowest BCUT2D eigenvalue weighted by molar-refractivity contribution is -0.152. The molecule has 188 valence electrons. The van der Waals surface area contributed by atoms with Gasteiger partial charge in [0.1, 0.15) is 5.75 Å². The van der Waals surface area contributed by atoms with Gasteiger partial charge in [0.05, 0.1) is 0 Å². The fourth-order valence-electron chi connectivity index (χ4n) is 5.44. The Morgan fingerprint density at radius 2 is 1.97 bits per heavy atom. The molecule has 0 radical (unpaired) electrons. The van der Waals surface area contributed by atoms with Crippen LogP contribution in [-0.2, 0) is 20.3 Å². The number of aryl methyl sites for hydroxylation is 1. The molecule has 7 heteroatoms. The van der Waals surface area contributed by atoms with Crippen molar-refractivity contribution in [1.82, 2.24) is 0 Å². The summed E-state index contributed by atoms with van der Waals surface area (Å²) in [6.45, 7) is 8.59. The highest BCUT2D eigenvalue weighted by atomic mass is 31.1. The maximum absolute atomic E-state index is 13.4. The first-order chi connectivity index (χ1) is 16.1. The van der Waals surface area contributed by atoms with Gasteiger partial charge in [0.15, 0.2) is 0 Å². The van der Waals surface area contributed by atoms with Gasteiger partial charge in [-0.25, -0.2) is 4.79 Å². The third-order valence-electron chi connectivity index (χ3n) is 7.81. The molecular weight excluding hydrogens is 449 g/mol. The van der Waals surface area contributed by atoms with Gasteiger partial charge in [0.25, 0.3) is 0 Å². The molecule has 2 aliphatic rings. The molecule has 0 saturated heterocycles. The molecule has 6 nitrogen and oxygen atoms in total. The van der Waals surface area contributed by atoms with Gasteiger partial charge in [-0.15, -0.1) is 9.42 Å². The van der Waals surface area contributed by atoms with Gasteiger partial charge < -0.3 is 10.5 Å². The van der Waals surface area contributed by atoms with Crippen molar-refractivity contribution < 1.29 is 23.5 Å². The second kappa shape index (κ2) is 11.4. The lowest BCUT2D eigenvalue weighted by atomic mass is 9.65. The van der Waals surface area contributed by atoms with Gasteiger partial charge in [-0.1, -0.05) is 57.4 Å². The summed E-state index contributed by atoms with van der Waals surface area (Å²) in [7, 11) is -2.91. The molecule has 34 heavy (non-hydrogen) atoms. The average Bonchev–Trinajstić information content (AvgIpc) is 3.25. The molecule has 3 atom stereocenters. The molecule has 3 N–H and O–H groups in total. The van der Waals surface area contributed by atoms with Crippen molar-refractivity contribution in [3.63, 3.8) is 0 Å². The van der Waals surface area contributed by atoms with E-state index in [-0.39, 0.29) is 11.8 Å². The quantitative estimate of drug-likeness (QED) is 0.128. The predicted molar refractivity (Wildman–Crippen MR) is 135 cm³/mol. The molecule has 0 amide bonds. The van der Waals surface area contributed by atoms with Gasteiger partial charge in [-0.3, -0.25) is 0 Å². The van der Waals surface area contributed by atoms with Gasteiger partial charge in [0, 0.05) is 21.6 Å². The number of hydrogen-bond donors (Lipinski definition) is 2. The molecule has 0 heterocycles. The smallest absolute Gasteiger partial charge is 0.424 e. The zero-order chi connectivity index (χ0) is 24.9. The average molecular weight is 491 g/mol. The summed E-state index contributed by atoms with van der Waals surface area (Å²) in [5.74, 6) is 0.166. The van der Waals surface area contributed by atoms with Crippen molar-refractivity contribution in [2.75, 3.05) is 0 Å².